The van der Waals surface area contributed by atoms with E-state index in [0.717, 1.165) is 30.7 Å². The lowest BCUT2D eigenvalue weighted by Gasteiger charge is -2.37. The predicted molar refractivity (Wildman–Crippen MR) is 98.0 cm³/mol. The summed E-state index contributed by atoms with van der Waals surface area (Å²) in [6, 6.07) is 6.89. The number of halogens is 2. The van der Waals surface area contributed by atoms with Gasteiger partial charge in [0.1, 0.15) is 5.75 Å². The number of hydrogen-bond acceptors (Lipinski definition) is 4. The van der Waals surface area contributed by atoms with Crippen LogP contribution >= 0.6 is 0 Å². The second-order valence-electron chi connectivity index (χ2n) is 7.48. The van der Waals surface area contributed by atoms with E-state index in [9.17, 15) is 13.6 Å². The number of amides is 1. The first-order valence-corrected chi connectivity index (χ1v) is 9.42. The van der Waals surface area contributed by atoms with Gasteiger partial charge in [-0.3, -0.25) is 9.78 Å². The van der Waals surface area contributed by atoms with Crippen LogP contribution in [0.2, 0.25) is 0 Å². The minimum Gasteiger partial charge on any atom is -0.493 e. The molecule has 28 heavy (non-hydrogen) atoms. The van der Waals surface area contributed by atoms with Crippen LogP contribution in [0.1, 0.15) is 23.2 Å². The van der Waals surface area contributed by atoms with Crippen molar-refractivity contribution in [3.63, 3.8) is 0 Å². The second kappa shape index (κ2) is 7.83. The summed E-state index contributed by atoms with van der Waals surface area (Å²) in [7, 11) is 0. The zero-order valence-electron chi connectivity index (χ0n) is 15.4. The van der Waals surface area contributed by atoms with Crippen LogP contribution < -0.4 is 4.74 Å². The highest BCUT2D eigenvalue weighted by atomic mass is 19.2. The topological polar surface area (TPSA) is 51.7 Å². The van der Waals surface area contributed by atoms with Crippen LogP contribution in [-0.2, 0) is 4.74 Å². The molecule has 2 fully saturated rings. The minimum absolute atomic E-state index is 0.0838. The van der Waals surface area contributed by atoms with Crippen molar-refractivity contribution >= 4 is 5.91 Å². The van der Waals surface area contributed by atoms with Crippen LogP contribution in [0.4, 0.5) is 8.78 Å². The number of carbonyl (C=O) groups excluding carboxylic acids is 1. The third-order valence-corrected chi connectivity index (χ3v) is 5.86. The van der Waals surface area contributed by atoms with Gasteiger partial charge in [0.05, 0.1) is 6.61 Å². The number of aromatic nitrogens is 1. The zero-order valence-corrected chi connectivity index (χ0v) is 15.4. The van der Waals surface area contributed by atoms with Crippen LogP contribution in [0.25, 0.3) is 0 Å². The summed E-state index contributed by atoms with van der Waals surface area (Å²) >= 11 is 0. The van der Waals surface area contributed by atoms with Crippen molar-refractivity contribution in [2.45, 2.75) is 12.8 Å². The van der Waals surface area contributed by atoms with E-state index in [1.165, 1.54) is 6.07 Å². The molecule has 1 atom stereocenters. The van der Waals surface area contributed by atoms with Gasteiger partial charge in [-0.25, -0.2) is 8.78 Å². The summed E-state index contributed by atoms with van der Waals surface area (Å²) in [6.07, 6.45) is 5.04. The Balaban J connectivity index is 1.52. The molecule has 0 bridgehead atoms. The average molecular weight is 388 g/mol. The zero-order chi connectivity index (χ0) is 19.6. The monoisotopic (exact) mass is 388 g/mol. The molecule has 7 heteroatoms. The fourth-order valence-corrected chi connectivity index (χ4v) is 4.20. The lowest BCUT2D eigenvalue weighted by molar-refractivity contribution is -0.00909. The van der Waals surface area contributed by atoms with Crippen LogP contribution in [0.15, 0.2) is 42.7 Å². The first-order valence-electron chi connectivity index (χ1n) is 9.42. The Morgan fingerprint density at radius 1 is 1.18 bits per heavy atom. The highest BCUT2D eigenvalue weighted by Gasteiger charge is 2.49. The first kappa shape index (κ1) is 18.8. The van der Waals surface area contributed by atoms with E-state index in [2.05, 4.69) is 4.98 Å². The smallest absolute Gasteiger partial charge is 0.253 e. The molecule has 4 rings (SSSR count). The van der Waals surface area contributed by atoms with Gasteiger partial charge in [0, 0.05) is 55.6 Å². The molecule has 1 amide bonds. The van der Waals surface area contributed by atoms with Crippen LogP contribution in [0, 0.1) is 23.0 Å². The number of nitrogens with zero attached hydrogens (tertiary/aromatic N) is 2. The Labute approximate surface area is 162 Å². The molecule has 2 aromatic rings. The Kier molecular flexibility index (Phi) is 5.26. The lowest BCUT2D eigenvalue weighted by atomic mass is 9.72. The van der Waals surface area contributed by atoms with E-state index in [4.69, 9.17) is 9.47 Å². The summed E-state index contributed by atoms with van der Waals surface area (Å²) in [4.78, 5) is 18.6. The number of carbonyl (C=O) groups is 1. The van der Waals surface area contributed by atoms with Crippen molar-refractivity contribution in [3.05, 3.63) is 59.9 Å². The third-order valence-electron chi connectivity index (χ3n) is 5.86. The fraction of sp³-hybridized carbons (Fsp3) is 0.429. The standard InChI is InChI=1S/C21H22F2N2O3/c22-18-2-1-15(11-19(18)23)20(26)25-12-16(13-28-17-3-7-24-8-4-17)21(14-25)5-9-27-10-6-21/h1-4,7-8,11,16H,5-6,9-10,12-14H2. The summed E-state index contributed by atoms with van der Waals surface area (Å²) in [5.41, 5.74) is 0.0799. The van der Waals surface area contributed by atoms with E-state index in [1.54, 1.807) is 29.4 Å². The molecule has 1 aromatic carbocycles. The average Bonchev–Trinajstić information content (AvgIpc) is 3.07. The van der Waals surface area contributed by atoms with Crippen molar-refractivity contribution in [3.8, 4) is 5.75 Å². The van der Waals surface area contributed by atoms with Gasteiger partial charge in [0.2, 0.25) is 0 Å². The van der Waals surface area contributed by atoms with Crippen molar-refractivity contribution < 1.29 is 23.0 Å². The number of ether oxygens (including phenoxy) is 2. The number of hydrogen-bond donors (Lipinski definition) is 0. The Hall–Kier alpha value is -2.54. The second-order valence-corrected chi connectivity index (χ2v) is 7.48. The minimum atomic E-state index is -1.01. The maximum Gasteiger partial charge on any atom is 0.253 e. The summed E-state index contributed by atoms with van der Waals surface area (Å²) in [5, 5.41) is 0. The van der Waals surface area contributed by atoms with Crippen molar-refractivity contribution in [2.75, 3.05) is 32.9 Å². The SMILES string of the molecule is O=C(c1ccc(F)c(F)c1)N1CC(COc2ccncc2)C2(CCOCC2)C1. The van der Waals surface area contributed by atoms with E-state index in [1.807, 2.05) is 0 Å². The van der Waals surface area contributed by atoms with Crippen molar-refractivity contribution in [2.24, 2.45) is 11.3 Å². The maximum absolute atomic E-state index is 13.6. The molecule has 3 heterocycles. The molecule has 2 aliphatic rings. The lowest BCUT2D eigenvalue weighted by Crippen LogP contribution is -2.39. The van der Waals surface area contributed by atoms with E-state index in [-0.39, 0.29) is 22.8 Å². The predicted octanol–water partition coefficient (Wildman–Crippen LogP) is 3.31. The van der Waals surface area contributed by atoms with Gasteiger partial charge in [0.25, 0.3) is 5.91 Å². The van der Waals surface area contributed by atoms with Crippen LogP contribution in [0.3, 0.4) is 0 Å². The van der Waals surface area contributed by atoms with E-state index in [0.29, 0.717) is 32.9 Å². The molecule has 0 radical (unpaired) electrons. The number of rotatable bonds is 4. The summed E-state index contributed by atoms with van der Waals surface area (Å²) in [5.74, 6) is -1.37. The Morgan fingerprint density at radius 3 is 2.64 bits per heavy atom. The maximum atomic E-state index is 13.6. The normalized spacial score (nSPS) is 21.1. The van der Waals surface area contributed by atoms with Gasteiger partial charge >= 0.3 is 0 Å². The third kappa shape index (κ3) is 3.71. The molecule has 0 N–H and O–H groups in total. The summed E-state index contributed by atoms with van der Waals surface area (Å²) < 4.78 is 38.3. The highest BCUT2D eigenvalue weighted by molar-refractivity contribution is 5.94. The molecule has 1 aromatic heterocycles. The molecule has 1 spiro atoms. The number of benzene rings is 1. The number of pyridine rings is 1. The van der Waals surface area contributed by atoms with Crippen molar-refractivity contribution in [1.29, 1.82) is 0 Å². The molecule has 5 nitrogen and oxygen atoms in total. The molecule has 148 valence electrons. The van der Waals surface area contributed by atoms with Gasteiger partial charge in [-0.2, -0.15) is 0 Å². The molecular formula is C21H22F2N2O3. The number of likely N-dealkylation sites (tertiary alicyclic amines) is 1. The van der Waals surface area contributed by atoms with Crippen molar-refractivity contribution in [1.82, 2.24) is 9.88 Å². The quantitative estimate of drug-likeness (QED) is 0.807. The summed E-state index contributed by atoms with van der Waals surface area (Å²) in [6.45, 7) is 2.87. The van der Waals surface area contributed by atoms with Gasteiger partial charge < -0.3 is 14.4 Å². The Bertz CT molecular complexity index is 841. The van der Waals surface area contributed by atoms with Gasteiger partial charge in [-0.15, -0.1) is 0 Å². The molecule has 0 saturated carbocycles. The molecule has 1 unspecified atom stereocenters. The van der Waals surface area contributed by atoms with Crippen LogP contribution in [-0.4, -0.2) is 48.7 Å². The molecule has 2 saturated heterocycles. The Morgan fingerprint density at radius 2 is 1.93 bits per heavy atom. The molecule has 2 aliphatic heterocycles. The fourth-order valence-electron chi connectivity index (χ4n) is 4.20. The molecule has 0 aliphatic carbocycles. The highest BCUT2D eigenvalue weighted by Crippen LogP contribution is 2.44. The van der Waals surface area contributed by atoms with Crippen LogP contribution in [0.5, 0.6) is 5.75 Å². The van der Waals surface area contributed by atoms with E-state index >= 15 is 0 Å². The van der Waals surface area contributed by atoms with E-state index < -0.39 is 11.6 Å². The molecular weight excluding hydrogens is 366 g/mol. The van der Waals surface area contributed by atoms with Gasteiger partial charge in [-0.05, 0) is 43.2 Å². The first-order chi connectivity index (χ1) is 13.6. The van der Waals surface area contributed by atoms with Gasteiger partial charge in [-0.1, -0.05) is 0 Å². The largest absolute Gasteiger partial charge is 0.493 e. The van der Waals surface area contributed by atoms with Gasteiger partial charge in [0.15, 0.2) is 11.6 Å².